The molecule has 0 spiro atoms. The number of hydrogen-bond donors (Lipinski definition) is 1. The molecule has 2 N–H and O–H groups in total. The molecule has 3 atom stereocenters. The van der Waals surface area contributed by atoms with Crippen molar-refractivity contribution in [2.75, 3.05) is 18.8 Å². The zero-order valence-electron chi connectivity index (χ0n) is 10.5. The van der Waals surface area contributed by atoms with Gasteiger partial charge in [0.1, 0.15) is 0 Å². The van der Waals surface area contributed by atoms with Crippen molar-refractivity contribution < 1.29 is 0 Å². The number of hydrogen-bond acceptors (Lipinski definition) is 4. The van der Waals surface area contributed by atoms with Gasteiger partial charge in [0.15, 0.2) is 0 Å². The molecule has 1 saturated heterocycles. The maximum atomic E-state index is 6.17. The van der Waals surface area contributed by atoms with Gasteiger partial charge in [0.2, 0.25) is 0 Å². The Morgan fingerprint density at radius 3 is 3.00 bits per heavy atom. The Hall–Kier alpha value is -0.580. The van der Waals surface area contributed by atoms with Gasteiger partial charge in [-0.15, -0.1) is 0 Å². The van der Waals surface area contributed by atoms with E-state index in [1.807, 2.05) is 30.2 Å². The van der Waals surface area contributed by atoms with Crippen LogP contribution in [0.1, 0.15) is 25.5 Å². The molecule has 17 heavy (non-hydrogen) atoms. The van der Waals surface area contributed by atoms with Gasteiger partial charge in [-0.05, 0) is 18.6 Å². The van der Waals surface area contributed by atoms with E-state index in [2.05, 4.69) is 29.8 Å². The summed E-state index contributed by atoms with van der Waals surface area (Å²) in [6, 6.07) is 4.56. The number of nitrogens with zero attached hydrogens (tertiary/aromatic N) is 2. The fourth-order valence-electron chi connectivity index (χ4n) is 2.50. The van der Waals surface area contributed by atoms with Crippen molar-refractivity contribution in [3.8, 4) is 0 Å². The summed E-state index contributed by atoms with van der Waals surface area (Å²) in [5, 5.41) is 0.696. The normalized spacial score (nSPS) is 25.5. The first-order valence-corrected chi connectivity index (χ1v) is 7.24. The highest BCUT2D eigenvalue weighted by atomic mass is 32.2. The first-order valence-electron chi connectivity index (χ1n) is 6.19. The highest BCUT2D eigenvalue weighted by molar-refractivity contribution is 7.99. The first-order chi connectivity index (χ1) is 8.18. The van der Waals surface area contributed by atoms with E-state index in [0.29, 0.717) is 11.3 Å². The molecule has 2 heterocycles. The number of aromatic nitrogens is 1. The standard InChI is InChI=1S/C13H21N3S/c1-10-9-16(6-7-17-10)13(11(2)14)12-4-3-5-15-8-12/h3-5,8,10-11,13H,6-7,9,14H2,1-2H3. The third kappa shape index (κ3) is 3.21. The summed E-state index contributed by atoms with van der Waals surface area (Å²) in [7, 11) is 0. The second-order valence-electron chi connectivity index (χ2n) is 4.77. The smallest absolute Gasteiger partial charge is 0.0512 e. The number of thioether (sulfide) groups is 1. The molecule has 1 aliphatic heterocycles. The lowest BCUT2D eigenvalue weighted by Crippen LogP contribution is -2.45. The molecule has 1 aliphatic rings. The van der Waals surface area contributed by atoms with Crippen LogP contribution in [0.25, 0.3) is 0 Å². The topological polar surface area (TPSA) is 42.2 Å². The monoisotopic (exact) mass is 251 g/mol. The lowest BCUT2D eigenvalue weighted by molar-refractivity contribution is 0.184. The third-order valence-corrected chi connectivity index (χ3v) is 4.33. The lowest BCUT2D eigenvalue weighted by atomic mass is 10.0. The molecule has 94 valence electrons. The van der Waals surface area contributed by atoms with Crippen LogP contribution in [-0.2, 0) is 0 Å². The molecule has 0 saturated carbocycles. The molecule has 0 aromatic carbocycles. The van der Waals surface area contributed by atoms with Crippen molar-refractivity contribution in [1.29, 1.82) is 0 Å². The van der Waals surface area contributed by atoms with Gasteiger partial charge in [-0.2, -0.15) is 11.8 Å². The molecule has 1 aromatic rings. The van der Waals surface area contributed by atoms with Crippen LogP contribution in [0.2, 0.25) is 0 Å². The zero-order chi connectivity index (χ0) is 12.3. The van der Waals surface area contributed by atoms with Crippen LogP contribution in [0.4, 0.5) is 0 Å². The largest absolute Gasteiger partial charge is 0.326 e. The Kier molecular flexibility index (Phi) is 4.42. The van der Waals surface area contributed by atoms with Crippen LogP contribution in [0.3, 0.4) is 0 Å². The Morgan fingerprint density at radius 1 is 1.59 bits per heavy atom. The van der Waals surface area contributed by atoms with Crippen molar-refractivity contribution >= 4 is 11.8 Å². The van der Waals surface area contributed by atoms with E-state index < -0.39 is 0 Å². The number of nitrogens with two attached hydrogens (primary N) is 1. The van der Waals surface area contributed by atoms with Crippen molar-refractivity contribution in [1.82, 2.24) is 9.88 Å². The minimum Gasteiger partial charge on any atom is -0.326 e. The molecule has 0 radical (unpaired) electrons. The zero-order valence-corrected chi connectivity index (χ0v) is 11.4. The van der Waals surface area contributed by atoms with Gasteiger partial charge >= 0.3 is 0 Å². The lowest BCUT2D eigenvalue weighted by Gasteiger charge is -2.39. The Balaban J connectivity index is 2.17. The quantitative estimate of drug-likeness (QED) is 0.891. The Labute approximate surface area is 108 Å². The second kappa shape index (κ2) is 5.85. The van der Waals surface area contributed by atoms with E-state index >= 15 is 0 Å². The van der Waals surface area contributed by atoms with Crippen molar-refractivity contribution in [2.24, 2.45) is 5.73 Å². The third-order valence-electron chi connectivity index (χ3n) is 3.19. The molecule has 3 nitrogen and oxygen atoms in total. The van der Waals surface area contributed by atoms with Crippen molar-refractivity contribution in [3.63, 3.8) is 0 Å². The van der Waals surface area contributed by atoms with Crippen LogP contribution in [0.15, 0.2) is 24.5 Å². The molecule has 4 heteroatoms. The molecule has 2 rings (SSSR count). The van der Waals surface area contributed by atoms with Gasteiger partial charge < -0.3 is 5.73 Å². The van der Waals surface area contributed by atoms with Gasteiger partial charge in [0.05, 0.1) is 6.04 Å². The van der Waals surface area contributed by atoms with E-state index in [0.717, 1.165) is 13.1 Å². The molecule has 0 aliphatic carbocycles. The average Bonchev–Trinajstić information content (AvgIpc) is 2.30. The van der Waals surface area contributed by atoms with E-state index in [4.69, 9.17) is 5.73 Å². The van der Waals surface area contributed by atoms with Crippen molar-refractivity contribution in [2.45, 2.75) is 31.2 Å². The maximum Gasteiger partial charge on any atom is 0.0512 e. The highest BCUT2D eigenvalue weighted by Gasteiger charge is 2.27. The van der Waals surface area contributed by atoms with E-state index in [9.17, 15) is 0 Å². The summed E-state index contributed by atoms with van der Waals surface area (Å²) in [6.07, 6.45) is 3.76. The highest BCUT2D eigenvalue weighted by Crippen LogP contribution is 2.28. The Bertz CT molecular complexity index is 342. The molecular weight excluding hydrogens is 230 g/mol. The molecule has 0 bridgehead atoms. The van der Waals surface area contributed by atoms with Crippen LogP contribution >= 0.6 is 11.8 Å². The summed E-state index contributed by atoms with van der Waals surface area (Å²) in [5.41, 5.74) is 7.41. The summed E-state index contributed by atoms with van der Waals surface area (Å²) in [5.74, 6) is 1.20. The second-order valence-corrected chi connectivity index (χ2v) is 6.31. The minimum atomic E-state index is 0.134. The maximum absolute atomic E-state index is 6.17. The summed E-state index contributed by atoms with van der Waals surface area (Å²) in [4.78, 5) is 6.72. The van der Waals surface area contributed by atoms with Gasteiger partial charge in [0, 0.05) is 42.5 Å². The van der Waals surface area contributed by atoms with E-state index in [-0.39, 0.29) is 6.04 Å². The Morgan fingerprint density at radius 2 is 2.41 bits per heavy atom. The van der Waals surface area contributed by atoms with Crippen molar-refractivity contribution in [3.05, 3.63) is 30.1 Å². The minimum absolute atomic E-state index is 0.134. The van der Waals surface area contributed by atoms with Crippen LogP contribution in [-0.4, -0.2) is 40.0 Å². The van der Waals surface area contributed by atoms with Crippen LogP contribution < -0.4 is 5.73 Å². The molecular formula is C13H21N3S. The fourth-order valence-corrected chi connectivity index (χ4v) is 3.54. The molecule has 1 fully saturated rings. The van der Waals surface area contributed by atoms with Crippen LogP contribution in [0, 0.1) is 0 Å². The summed E-state index contributed by atoms with van der Waals surface area (Å²) < 4.78 is 0. The first kappa shape index (κ1) is 12.9. The number of pyridine rings is 1. The average molecular weight is 251 g/mol. The summed E-state index contributed by atoms with van der Waals surface area (Å²) >= 11 is 2.05. The van der Waals surface area contributed by atoms with Gasteiger partial charge in [-0.25, -0.2) is 0 Å². The van der Waals surface area contributed by atoms with E-state index in [1.165, 1.54) is 11.3 Å². The molecule has 1 aromatic heterocycles. The predicted molar refractivity (Wildman–Crippen MR) is 74.1 cm³/mol. The SMILES string of the molecule is CC1CN(C(c2cccnc2)C(C)N)CCS1. The predicted octanol–water partition coefficient (Wildman–Crippen LogP) is 1.91. The molecule has 0 amide bonds. The summed E-state index contributed by atoms with van der Waals surface area (Å²) in [6.45, 7) is 6.62. The van der Waals surface area contributed by atoms with Gasteiger partial charge in [-0.1, -0.05) is 13.0 Å². The molecule has 3 unspecified atom stereocenters. The van der Waals surface area contributed by atoms with E-state index in [1.54, 1.807) is 0 Å². The van der Waals surface area contributed by atoms with Gasteiger partial charge in [-0.3, -0.25) is 9.88 Å². The van der Waals surface area contributed by atoms with Gasteiger partial charge in [0.25, 0.3) is 0 Å². The fraction of sp³-hybridized carbons (Fsp3) is 0.615. The number of rotatable bonds is 3. The van der Waals surface area contributed by atoms with Crippen LogP contribution in [0.5, 0.6) is 0 Å².